The Hall–Kier alpha value is -2.03. The molecule has 0 spiro atoms. The third-order valence-corrected chi connectivity index (χ3v) is 7.02. The number of nitrogens with zero attached hydrogens (tertiary/aromatic N) is 2. The van der Waals surface area contributed by atoms with E-state index in [1.807, 2.05) is 12.1 Å². The van der Waals surface area contributed by atoms with Crippen LogP contribution in [0.2, 0.25) is 0 Å². The highest BCUT2D eigenvalue weighted by Gasteiger charge is 2.39. The lowest BCUT2D eigenvalue weighted by atomic mass is 10.0. The van der Waals surface area contributed by atoms with E-state index in [1.165, 1.54) is 0 Å². The molecule has 3 heterocycles. The molecular formula is C27H43Cl2N5O7. The minimum absolute atomic E-state index is 0. The Labute approximate surface area is 253 Å². The smallest absolute Gasteiger partial charge is 0.255 e. The van der Waals surface area contributed by atoms with Crippen molar-refractivity contribution in [2.75, 3.05) is 97.4 Å². The highest BCUT2D eigenvalue weighted by Crippen LogP contribution is 2.32. The number of rotatable bonds is 17. The second-order valence-corrected chi connectivity index (χ2v) is 9.70. The third-order valence-electron chi connectivity index (χ3n) is 7.02. The maximum absolute atomic E-state index is 12.9. The number of ether oxygens (including phenoxy) is 4. The summed E-state index contributed by atoms with van der Waals surface area (Å²) < 4.78 is 22.3. The van der Waals surface area contributed by atoms with Gasteiger partial charge in [-0.3, -0.25) is 24.6 Å². The SMILES string of the molecule is Cl.Cl.O=C1CCC(N2Cc3c(NCCOCCOCCOCCOCCN4CCNCC4)cccc3C2=O)C(=O)N1. The minimum Gasteiger partial charge on any atom is -0.382 e. The molecule has 0 bridgehead atoms. The fourth-order valence-corrected chi connectivity index (χ4v) is 4.90. The van der Waals surface area contributed by atoms with Crippen molar-refractivity contribution in [3.8, 4) is 0 Å². The molecule has 0 saturated carbocycles. The standard InChI is InChI=1S/C27H41N5O7.2ClH/c33-25-5-4-24(26(34)30-25)32-20-22-21(27(32)35)2-1-3-23(22)29-8-12-36-14-16-38-18-19-39-17-15-37-13-11-31-9-6-28-7-10-31;;/h1-3,24,28-29H,4-20H2,(H,30,33,34);2*1H. The second kappa shape index (κ2) is 19.2. The lowest BCUT2D eigenvalue weighted by Crippen LogP contribution is -2.52. The molecule has 3 amide bonds. The van der Waals surface area contributed by atoms with Crippen LogP contribution in [0.25, 0.3) is 0 Å². The average Bonchev–Trinajstić information content (AvgIpc) is 3.28. The largest absolute Gasteiger partial charge is 0.382 e. The van der Waals surface area contributed by atoms with E-state index in [0.29, 0.717) is 71.3 Å². The van der Waals surface area contributed by atoms with Crippen molar-refractivity contribution in [2.45, 2.75) is 25.4 Å². The maximum atomic E-state index is 12.9. The first-order chi connectivity index (χ1) is 19.1. The lowest BCUT2D eigenvalue weighted by Gasteiger charge is -2.29. The normalized spacial score (nSPS) is 18.9. The Morgan fingerprint density at radius 3 is 2.15 bits per heavy atom. The van der Waals surface area contributed by atoms with Gasteiger partial charge in [-0.05, 0) is 18.6 Å². The zero-order valence-electron chi connectivity index (χ0n) is 23.4. The number of hydrogen-bond acceptors (Lipinski definition) is 10. The van der Waals surface area contributed by atoms with Crippen LogP contribution in [0.15, 0.2) is 18.2 Å². The Morgan fingerprint density at radius 2 is 1.49 bits per heavy atom. The number of amides is 3. The summed E-state index contributed by atoms with van der Waals surface area (Å²) >= 11 is 0. The zero-order valence-corrected chi connectivity index (χ0v) is 25.0. The summed E-state index contributed by atoms with van der Waals surface area (Å²) in [7, 11) is 0. The molecule has 4 rings (SSSR count). The number of imide groups is 1. The van der Waals surface area contributed by atoms with Crippen molar-refractivity contribution < 1.29 is 33.3 Å². The van der Waals surface area contributed by atoms with E-state index in [-0.39, 0.29) is 43.0 Å². The Kier molecular flexibility index (Phi) is 16.5. The van der Waals surface area contributed by atoms with Gasteiger partial charge >= 0.3 is 0 Å². The van der Waals surface area contributed by atoms with E-state index in [2.05, 4.69) is 20.9 Å². The molecule has 0 radical (unpaired) electrons. The first-order valence-corrected chi connectivity index (χ1v) is 13.9. The molecular weight excluding hydrogens is 577 g/mol. The number of piperidine rings is 1. The van der Waals surface area contributed by atoms with Gasteiger partial charge in [0.25, 0.3) is 5.91 Å². The fourth-order valence-electron chi connectivity index (χ4n) is 4.90. The molecule has 1 aromatic carbocycles. The molecule has 2 fully saturated rings. The highest BCUT2D eigenvalue weighted by molar-refractivity contribution is 6.06. The first kappa shape index (κ1) is 35.2. The van der Waals surface area contributed by atoms with Crippen LogP contribution in [-0.4, -0.2) is 126 Å². The molecule has 2 saturated heterocycles. The topological polar surface area (TPSA) is 131 Å². The van der Waals surface area contributed by atoms with E-state index < -0.39 is 11.9 Å². The average molecular weight is 621 g/mol. The molecule has 1 atom stereocenters. The summed E-state index contributed by atoms with van der Waals surface area (Å²) in [5.41, 5.74) is 2.30. The molecule has 14 heteroatoms. The number of piperazine rings is 1. The van der Waals surface area contributed by atoms with Gasteiger partial charge in [0.1, 0.15) is 6.04 Å². The molecule has 3 aliphatic rings. The van der Waals surface area contributed by atoms with Gasteiger partial charge in [0.15, 0.2) is 0 Å². The van der Waals surface area contributed by atoms with Gasteiger partial charge < -0.3 is 34.5 Å². The maximum Gasteiger partial charge on any atom is 0.255 e. The quantitative estimate of drug-likeness (QED) is 0.169. The summed E-state index contributed by atoms with van der Waals surface area (Å²) in [6, 6.07) is 4.89. The Morgan fingerprint density at radius 1 is 0.854 bits per heavy atom. The number of benzene rings is 1. The molecule has 0 aromatic heterocycles. The third kappa shape index (κ3) is 11.0. The summed E-state index contributed by atoms with van der Waals surface area (Å²) in [6.07, 6.45) is 0.586. The zero-order chi connectivity index (χ0) is 27.3. The van der Waals surface area contributed by atoms with Crippen molar-refractivity contribution in [1.82, 2.24) is 20.4 Å². The number of fused-ring (bicyclic) bond motifs is 1. The van der Waals surface area contributed by atoms with E-state index in [0.717, 1.165) is 50.6 Å². The van der Waals surface area contributed by atoms with Gasteiger partial charge in [-0.15, -0.1) is 24.8 Å². The van der Waals surface area contributed by atoms with Crippen molar-refractivity contribution in [3.05, 3.63) is 29.3 Å². The number of hydrogen-bond donors (Lipinski definition) is 3. The van der Waals surface area contributed by atoms with Crippen molar-refractivity contribution in [2.24, 2.45) is 0 Å². The monoisotopic (exact) mass is 619 g/mol. The number of carbonyl (C=O) groups is 3. The van der Waals surface area contributed by atoms with Crippen molar-refractivity contribution in [1.29, 1.82) is 0 Å². The van der Waals surface area contributed by atoms with Crippen LogP contribution in [-0.2, 0) is 35.1 Å². The summed E-state index contributed by atoms with van der Waals surface area (Å²) in [6.45, 7) is 10.5. The predicted molar refractivity (Wildman–Crippen MR) is 158 cm³/mol. The molecule has 12 nitrogen and oxygen atoms in total. The molecule has 0 aliphatic carbocycles. The van der Waals surface area contributed by atoms with Crippen LogP contribution in [0.3, 0.4) is 0 Å². The van der Waals surface area contributed by atoms with Gasteiger partial charge in [0, 0.05) is 69.0 Å². The van der Waals surface area contributed by atoms with E-state index >= 15 is 0 Å². The van der Waals surface area contributed by atoms with Crippen LogP contribution in [0.5, 0.6) is 0 Å². The Bertz CT molecular complexity index is 968. The molecule has 1 aromatic rings. The first-order valence-electron chi connectivity index (χ1n) is 13.9. The number of halogens is 2. The lowest BCUT2D eigenvalue weighted by molar-refractivity contribution is -0.136. The van der Waals surface area contributed by atoms with E-state index in [1.54, 1.807) is 11.0 Å². The van der Waals surface area contributed by atoms with Gasteiger partial charge in [0.05, 0.1) is 52.9 Å². The summed E-state index contributed by atoms with van der Waals surface area (Å²) in [5, 5.41) is 9.00. The second-order valence-electron chi connectivity index (χ2n) is 9.70. The predicted octanol–water partition coefficient (Wildman–Crippen LogP) is 0.675. The molecule has 41 heavy (non-hydrogen) atoms. The highest BCUT2D eigenvalue weighted by atomic mass is 35.5. The van der Waals surface area contributed by atoms with Crippen molar-refractivity contribution in [3.63, 3.8) is 0 Å². The van der Waals surface area contributed by atoms with Crippen molar-refractivity contribution >= 4 is 48.2 Å². The molecule has 232 valence electrons. The van der Waals surface area contributed by atoms with Gasteiger partial charge in [-0.2, -0.15) is 0 Å². The van der Waals surface area contributed by atoms with E-state index in [9.17, 15) is 14.4 Å². The van der Waals surface area contributed by atoms with Crippen LogP contribution >= 0.6 is 24.8 Å². The number of nitrogens with one attached hydrogen (secondary N) is 3. The molecule has 3 N–H and O–H groups in total. The fraction of sp³-hybridized carbons (Fsp3) is 0.667. The van der Waals surface area contributed by atoms with Gasteiger partial charge in [0.2, 0.25) is 11.8 Å². The molecule has 1 unspecified atom stereocenters. The minimum atomic E-state index is -0.620. The number of carbonyl (C=O) groups excluding carboxylic acids is 3. The van der Waals surface area contributed by atoms with Crippen LogP contribution in [0, 0.1) is 0 Å². The summed E-state index contributed by atoms with van der Waals surface area (Å²) in [5.74, 6) is -0.881. The Balaban J connectivity index is 0.00000294. The van der Waals surface area contributed by atoms with Crippen LogP contribution < -0.4 is 16.0 Å². The van der Waals surface area contributed by atoms with Crippen LogP contribution in [0.1, 0.15) is 28.8 Å². The van der Waals surface area contributed by atoms with Gasteiger partial charge in [-0.25, -0.2) is 0 Å². The van der Waals surface area contributed by atoms with Gasteiger partial charge in [-0.1, -0.05) is 6.07 Å². The number of anilines is 1. The van der Waals surface area contributed by atoms with Crippen LogP contribution in [0.4, 0.5) is 5.69 Å². The van der Waals surface area contributed by atoms with E-state index in [4.69, 9.17) is 18.9 Å². The molecule has 3 aliphatic heterocycles. The summed E-state index contributed by atoms with van der Waals surface area (Å²) in [4.78, 5) is 40.6.